The first-order valence-electron chi connectivity index (χ1n) is 6.85. The third kappa shape index (κ3) is 3.25. The van der Waals surface area contributed by atoms with Crippen LogP contribution in [0, 0.1) is 0 Å². The van der Waals surface area contributed by atoms with Crippen LogP contribution in [0.4, 0.5) is 5.69 Å². The zero-order valence-corrected chi connectivity index (χ0v) is 13.8. The number of aromatic nitrogens is 1. The molecule has 0 unspecified atom stereocenters. The topological polar surface area (TPSA) is 24.9 Å². The zero-order valence-electron chi connectivity index (χ0n) is 12.3. The zero-order chi connectivity index (χ0) is 15.0. The second-order valence-electron chi connectivity index (χ2n) is 5.78. The fourth-order valence-corrected chi connectivity index (χ4v) is 3.43. The number of benzene rings is 1. The molecule has 2 heterocycles. The van der Waals surface area contributed by atoms with Crippen molar-refractivity contribution in [1.29, 1.82) is 0 Å². The van der Waals surface area contributed by atoms with Crippen molar-refractivity contribution in [2.45, 2.75) is 36.2 Å². The van der Waals surface area contributed by atoms with Gasteiger partial charge in [0.25, 0.3) is 0 Å². The predicted octanol–water partition coefficient (Wildman–Crippen LogP) is 5.49. The van der Waals surface area contributed by atoms with Crippen molar-refractivity contribution in [3.05, 3.63) is 53.2 Å². The Morgan fingerprint density at radius 1 is 1.10 bits per heavy atom. The minimum absolute atomic E-state index is 0.0242. The van der Waals surface area contributed by atoms with Crippen molar-refractivity contribution in [3.8, 4) is 0 Å². The van der Waals surface area contributed by atoms with E-state index in [2.05, 4.69) is 44.3 Å². The molecule has 0 amide bonds. The molecule has 3 rings (SSSR count). The number of nitrogens with one attached hydrogen (secondary N) is 1. The summed E-state index contributed by atoms with van der Waals surface area (Å²) in [5.41, 5.74) is 3.32. The minimum atomic E-state index is -0.0242. The number of anilines is 1. The molecule has 0 saturated carbocycles. The molecule has 0 aliphatic carbocycles. The Morgan fingerprint density at radius 2 is 1.81 bits per heavy atom. The van der Waals surface area contributed by atoms with E-state index in [1.54, 1.807) is 11.8 Å². The number of fused-ring (bicyclic) bond motifs is 1. The number of nitrogens with zero attached hydrogens (tertiary/aromatic N) is 1. The van der Waals surface area contributed by atoms with Gasteiger partial charge in [-0.2, -0.15) is 0 Å². The maximum Gasteiger partial charge on any atom is 0.102 e. The SMILES string of the molecule is CC1=CC(C)(C)Nc2ccc(Sc3ccc(Cl)cc3)nc21. The molecule has 0 atom stereocenters. The fraction of sp³-hybridized carbons (Fsp3) is 0.235. The Labute approximate surface area is 134 Å². The number of rotatable bonds is 2. The van der Waals surface area contributed by atoms with Crippen molar-refractivity contribution in [1.82, 2.24) is 4.98 Å². The Morgan fingerprint density at radius 3 is 2.52 bits per heavy atom. The molecule has 108 valence electrons. The first-order valence-corrected chi connectivity index (χ1v) is 8.05. The van der Waals surface area contributed by atoms with Crippen LogP contribution in [-0.2, 0) is 0 Å². The molecular weight excluding hydrogens is 300 g/mol. The Bertz CT molecular complexity index is 705. The highest BCUT2D eigenvalue weighted by Crippen LogP contribution is 2.35. The molecule has 1 aromatic heterocycles. The van der Waals surface area contributed by atoms with Crippen LogP contribution in [0.1, 0.15) is 26.5 Å². The molecule has 2 aromatic rings. The molecule has 1 aliphatic rings. The summed E-state index contributed by atoms with van der Waals surface area (Å²) in [6.07, 6.45) is 2.22. The van der Waals surface area contributed by atoms with Crippen LogP contribution in [-0.4, -0.2) is 10.5 Å². The van der Waals surface area contributed by atoms with Crippen LogP contribution in [0.2, 0.25) is 5.02 Å². The van der Waals surface area contributed by atoms with Gasteiger partial charge >= 0.3 is 0 Å². The smallest absolute Gasteiger partial charge is 0.102 e. The molecule has 0 spiro atoms. The molecule has 1 N–H and O–H groups in total. The van der Waals surface area contributed by atoms with Gasteiger partial charge in [-0.3, -0.25) is 0 Å². The summed E-state index contributed by atoms with van der Waals surface area (Å²) in [5.74, 6) is 0. The molecule has 1 aliphatic heterocycles. The van der Waals surface area contributed by atoms with Crippen LogP contribution in [0.25, 0.3) is 5.57 Å². The highest BCUT2D eigenvalue weighted by atomic mass is 35.5. The Hall–Kier alpha value is -1.45. The number of hydrogen-bond donors (Lipinski definition) is 1. The Kier molecular flexibility index (Phi) is 3.72. The third-order valence-electron chi connectivity index (χ3n) is 3.31. The quantitative estimate of drug-likeness (QED) is 0.792. The van der Waals surface area contributed by atoms with Crippen LogP contribution >= 0.6 is 23.4 Å². The first kappa shape index (κ1) is 14.5. The largest absolute Gasteiger partial charge is 0.375 e. The van der Waals surface area contributed by atoms with Gasteiger partial charge < -0.3 is 5.32 Å². The van der Waals surface area contributed by atoms with Crippen LogP contribution in [0.5, 0.6) is 0 Å². The van der Waals surface area contributed by atoms with E-state index < -0.39 is 0 Å². The van der Waals surface area contributed by atoms with Gasteiger partial charge in [-0.05, 0) is 62.7 Å². The van der Waals surface area contributed by atoms with E-state index in [0.29, 0.717) is 0 Å². The van der Waals surface area contributed by atoms with Gasteiger partial charge in [0.2, 0.25) is 0 Å². The molecule has 21 heavy (non-hydrogen) atoms. The lowest BCUT2D eigenvalue weighted by molar-refractivity contribution is 0.704. The van der Waals surface area contributed by atoms with E-state index in [-0.39, 0.29) is 5.54 Å². The van der Waals surface area contributed by atoms with Gasteiger partial charge in [0.1, 0.15) is 5.03 Å². The van der Waals surface area contributed by atoms with Gasteiger partial charge in [0.05, 0.1) is 16.9 Å². The number of allylic oxidation sites excluding steroid dienone is 1. The molecule has 4 heteroatoms. The second-order valence-corrected chi connectivity index (χ2v) is 7.31. The minimum Gasteiger partial charge on any atom is -0.375 e. The molecule has 1 aromatic carbocycles. The standard InChI is InChI=1S/C17H17ClN2S/c1-11-10-17(2,3)20-14-8-9-15(19-16(11)14)21-13-6-4-12(18)5-7-13/h4-10,20H,1-3H3. The van der Waals surface area contributed by atoms with Crippen molar-refractivity contribution in [2.75, 3.05) is 5.32 Å². The van der Waals surface area contributed by atoms with E-state index in [0.717, 1.165) is 26.3 Å². The summed E-state index contributed by atoms with van der Waals surface area (Å²) in [4.78, 5) is 5.91. The molecule has 0 saturated heterocycles. The average molecular weight is 317 g/mol. The van der Waals surface area contributed by atoms with Gasteiger partial charge in [0, 0.05) is 9.92 Å². The predicted molar refractivity (Wildman–Crippen MR) is 91.2 cm³/mol. The monoisotopic (exact) mass is 316 g/mol. The van der Waals surface area contributed by atoms with Crippen molar-refractivity contribution < 1.29 is 0 Å². The number of hydrogen-bond acceptors (Lipinski definition) is 3. The van der Waals surface area contributed by atoms with E-state index in [4.69, 9.17) is 16.6 Å². The number of pyridine rings is 1. The lowest BCUT2D eigenvalue weighted by atomic mass is 9.94. The highest BCUT2D eigenvalue weighted by Gasteiger charge is 2.23. The maximum absolute atomic E-state index is 5.91. The van der Waals surface area contributed by atoms with Crippen molar-refractivity contribution in [3.63, 3.8) is 0 Å². The molecule has 0 radical (unpaired) electrons. The summed E-state index contributed by atoms with van der Waals surface area (Å²) in [6.45, 7) is 6.44. The van der Waals surface area contributed by atoms with E-state index >= 15 is 0 Å². The highest BCUT2D eigenvalue weighted by molar-refractivity contribution is 7.99. The molecule has 0 fully saturated rings. The van der Waals surface area contributed by atoms with E-state index in [9.17, 15) is 0 Å². The van der Waals surface area contributed by atoms with E-state index in [1.165, 1.54) is 5.57 Å². The van der Waals surface area contributed by atoms with Gasteiger partial charge in [-0.25, -0.2) is 4.98 Å². The lowest BCUT2D eigenvalue weighted by Crippen LogP contribution is -2.31. The third-order valence-corrected chi connectivity index (χ3v) is 4.51. The van der Waals surface area contributed by atoms with Gasteiger partial charge in [0.15, 0.2) is 0 Å². The van der Waals surface area contributed by atoms with Crippen molar-refractivity contribution in [2.24, 2.45) is 0 Å². The van der Waals surface area contributed by atoms with Gasteiger partial charge in [-0.15, -0.1) is 0 Å². The maximum atomic E-state index is 5.91. The number of halogens is 1. The second kappa shape index (κ2) is 5.39. The Balaban J connectivity index is 1.90. The summed E-state index contributed by atoms with van der Waals surface area (Å²) in [6, 6.07) is 12.0. The molecular formula is C17H17ClN2S. The summed E-state index contributed by atoms with van der Waals surface area (Å²) in [7, 11) is 0. The van der Waals surface area contributed by atoms with Crippen LogP contribution < -0.4 is 5.32 Å². The summed E-state index contributed by atoms with van der Waals surface area (Å²) >= 11 is 7.56. The molecule has 2 nitrogen and oxygen atoms in total. The summed E-state index contributed by atoms with van der Waals surface area (Å²) in [5, 5.41) is 5.24. The van der Waals surface area contributed by atoms with E-state index in [1.807, 2.05) is 24.3 Å². The lowest BCUT2D eigenvalue weighted by Gasteiger charge is -2.30. The first-order chi connectivity index (χ1) is 9.93. The molecule has 0 bridgehead atoms. The van der Waals surface area contributed by atoms with Gasteiger partial charge in [-0.1, -0.05) is 29.4 Å². The summed E-state index contributed by atoms with van der Waals surface area (Å²) < 4.78 is 0. The van der Waals surface area contributed by atoms with Crippen LogP contribution in [0.3, 0.4) is 0 Å². The average Bonchev–Trinajstić information content (AvgIpc) is 2.41. The fourth-order valence-electron chi connectivity index (χ4n) is 2.52. The van der Waals surface area contributed by atoms with Crippen LogP contribution in [0.15, 0.2) is 52.4 Å². The normalized spacial score (nSPS) is 15.9. The van der Waals surface area contributed by atoms with Crippen molar-refractivity contribution >= 4 is 34.6 Å².